The summed E-state index contributed by atoms with van der Waals surface area (Å²) in [6, 6.07) is 3.76. The minimum atomic E-state index is -0.211. The second kappa shape index (κ2) is 6.02. The molecule has 4 aromatic rings. The molecule has 0 aromatic carbocycles. The lowest BCUT2D eigenvalue weighted by molar-refractivity contribution is 0.102. The lowest BCUT2D eigenvalue weighted by Gasteiger charge is -2.08. The third-order valence-corrected chi connectivity index (χ3v) is 5.60. The predicted octanol–water partition coefficient (Wildman–Crippen LogP) is 4.19. The number of nitrogens with one attached hydrogen (secondary N) is 1. The van der Waals surface area contributed by atoms with Crippen LogP contribution in [-0.2, 0) is 0 Å². The smallest absolute Gasteiger partial charge is 0.274 e. The molecule has 1 aliphatic rings. The molecular formula is C19H17N5O2S. The Morgan fingerprint density at radius 1 is 1.26 bits per heavy atom. The van der Waals surface area contributed by atoms with Crippen molar-refractivity contribution in [2.45, 2.75) is 32.6 Å². The fourth-order valence-corrected chi connectivity index (χ4v) is 3.83. The van der Waals surface area contributed by atoms with Gasteiger partial charge in [-0.05, 0) is 38.3 Å². The number of pyridine rings is 1. The van der Waals surface area contributed by atoms with Gasteiger partial charge in [-0.2, -0.15) is 0 Å². The summed E-state index contributed by atoms with van der Waals surface area (Å²) < 4.78 is 7.26. The van der Waals surface area contributed by atoms with Gasteiger partial charge in [-0.15, -0.1) is 11.3 Å². The number of anilines is 1. The van der Waals surface area contributed by atoms with Crippen LogP contribution in [0.1, 0.15) is 45.4 Å². The van der Waals surface area contributed by atoms with Gasteiger partial charge in [-0.3, -0.25) is 14.2 Å². The van der Waals surface area contributed by atoms with E-state index < -0.39 is 0 Å². The molecule has 0 atom stereocenters. The Balaban J connectivity index is 1.44. The SMILES string of the molecule is Cc1cn2c(C(=O)Nc3cc(-c4cc(C5CC5)no4)ncc3C)cnc2s1. The quantitative estimate of drug-likeness (QED) is 0.574. The molecule has 0 radical (unpaired) electrons. The van der Waals surface area contributed by atoms with Gasteiger partial charge in [-0.1, -0.05) is 5.16 Å². The Bertz CT molecular complexity index is 1170. The molecule has 0 spiro atoms. The van der Waals surface area contributed by atoms with E-state index in [0.29, 0.717) is 28.8 Å². The van der Waals surface area contributed by atoms with Crippen LogP contribution in [0.3, 0.4) is 0 Å². The topological polar surface area (TPSA) is 85.3 Å². The minimum Gasteiger partial charge on any atom is -0.354 e. The predicted molar refractivity (Wildman–Crippen MR) is 102 cm³/mol. The number of hydrogen-bond donors (Lipinski definition) is 1. The molecule has 0 saturated heterocycles. The Hall–Kier alpha value is -3.00. The van der Waals surface area contributed by atoms with E-state index in [2.05, 4.69) is 20.4 Å². The number of carbonyl (C=O) groups is 1. The first-order chi connectivity index (χ1) is 13.1. The van der Waals surface area contributed by atoms with E-state index in [1.165, 1.54) is 0 Å². The molecule has 1 saturated carbocycles. The van der Waals surface area contributed by atoms with E-state index >= 15 is 0 Å². The number of imidazole rings is 1. The number of aromatic nitrogens is 4. The van der Waals surface area contributed by atoms with Crippen molar-refractivity contribution >= 4 is 27.9 Å². The van der Waals surface area contributed by atoms with E-state index in [4.69, 9.17) is 4.52 Å². The number of amides is 1. The van der Waals surface area contributed by atoms with Crippen LogP contribution < -0.4 is 5.32 Å². The van der Waals surface area contributed by atoms with Gasteiger partial charge in [-0.25, -0.2) is 4.98 Å². The first kappa shape index (κ1) is 16.2. The number of nitrogens with zero attached hydrogens (tertiary/aromatic N) is 4. The molecule has 136 valence electrons. The van der Waals surface area contributed by atoms with E-state index in [1.54, 1.807) is 23.7 Å². The highest BCUT2D eigenvalue weighted by Gasteiger charge is 2.27. The average Bonchev–Trinajstić information content (AvgIpc) is 3.07. The van der Waals surface area contributed by atoms with Crippen molar-refractivity contribution in [2.75, 3.05) is 5.32 Å². The number of hydrogen-bond acceptors (Lipinski definition) is 6. The van der Waals surface area contributed by atoms with Crippen molar-refractivity contribution in [3.63, 3.8) is 0 Å². The van der Waals surface area contributed by atoms with E-state index in [-0.39, 0.29) is 5.91 Å². The zero-order valence-corrected chi connectivity index (χ0v) is 15.7. The molecule has 0 bridgehead atoms. The Kier molecular flexibility index (Phi) is 3.61. The molecule has 5 rings (SSSR count). The van der Waals surface area contributed by atoms with Gasteiger partial charge >= 0.3 is 0 Å². The van der Waals surface area contributed by atoms with Gasteiger partial charge in [0.2, 0.25) is 0 Å². The van der Waals surface area contributed by atoms with Crippen LogP contribution in [0.25, 0.3) is 16.4 Å². The maximum Gasteiger partial charge on any atom is 0.274 e. The van der Waals surface area contributed by atoms with E-state index in [9.17, 15) is 4.79 Å². The number of fused-ring (bicyclic) bond motifs is 1. The normalized spacial score (nSPS) is 14.0. The van der Waals surface area contributed by atoms with Gasteiger partial charge < -0.3 is 9.84 Å². The van der Waals surface area contributed by atoms with Crippen LogP contribution in [0.4, 0.5) is 5.69 Å². The highest BCUT2D eigenvalue weighted by Crippen LogP contribution is 2.40. The lowest BCUT2D eigenvalue weighted by atomic mass is 10.2. The van der Waals surface area contributed by atoms with Crippen molar-refractivity contribution in [1.29, 1.82) is 0 Å². The van der Waals surface area contributed by atoms with Crippen LogP contribution in [0.15, 0.2) is 35.2 Å². The summed E-state index contributed by atoms with van der Waals surface area (Å²) in [6.45, 7) is 3.90. The molecule has 0 aliphatic heterocycles. The van der Waals surface area contributed by atoms with Gasteiger partial charge in [0.15, 0.2) is 10.7 Å². The van der Waals surface area contributed by atoms with Crippen LogP contribution in [0, 0.1) is 13.8 Å². The van der Waals surface area contributed by atoms with Crippen molar-refractivity contribution in [2.24, 2.45) is 0 Å². The number of rotatable bonds is 4. The highest BCUT2D eigenvalue weighted by atomic mass is 32.1. The van der Waals surface area contributed by atoms with Crippen LogP contribution in [-0.4, -0.2) is 25.4 Å². The summed E-state index contributed by atoms with van der Waals surface area (Å²) >= 11 is 1.55. The number of aryl methyl sites for hydroxylation is 2. The molecule has 1 aliphatic carbocycles. The molecule has 1 fully saturated rings. The maximum atomic E-state index is 12.8. The van der Waals surface area contributed by atoms with E-state index in [1.807, 2.05) is 36.6 Å². The molecule has 0 unspecified atom stereocenters. The second-order valence-electron chi connectivity index (χ2n) is 6.87. The highest BCUT2D eigenvalue weighted by molar-refractivity contribution is 7.17. The third kappa shape index (κ3) is 2.91. The number of carbonyl (C=O) groups excluding carboxylic acids is 1. The van der Waals surface area contributed by atoms with Crippen LogP contribution >= 0.6 is 11.3 Å². The molecular weight excluding hydrogens is 362 g/mol. The molecule has 1 amide bonds. The zero-order chi connectivity index (χ0) is 18.5. The van der Waals surface area contributed by atoms with Gasteiger partial charge in [0.1, 0.15) is 11.4 Å². The first-order valence-electron chi connectivity index (χ1n) is 8.77. The van der Waals surface area contributed by atoms with Crippen molar-refractivity contribution in [1.82, 2.24) is 19.5 Å². The molecule has 8 heteroatoms. The average molecular weight is 379 g/mol. The van der Waals surface area contributed by atoms with Gasteiger partial charge in [0, 0.05) is 34.9 Å². The largest absolute Gasteiger partial charge is 0.354 e. The molecule has 4 heterocycles. The third-order valence-electron chi connectivity index (χ3n) is 4.69. The fraction of sp³-hybridized carbons (Fsp3) is 0.263. The standard InChI is InChI=1S/C19H17N5O2S/c1-10-7-20-15(17-6-14(23-26-17)12-3-4-12)5-13(10)22-18(25)16-8-21-19-24(16)9-11(2)27-19/h5-9,12H,3-4H2,1-2H3,(H,20,22,25). The van der Waals surface area contributed by atoms with Crippen molar-refractivity contribution in [3.05, 3.63) is 52.6 Å². The summed E-state index contributed by atoms with van der Waals surface area (Å²) in [7, 11) is 0. The number of thiazole rings is 1. The molecule has 27 heavy (non-hydrogen) atoms. The van der Waals surface area contributed by atoms with Gasteiger partial charge in [0.05, 0.1) is 11.9 Å². The monoisotopic (exact) mass is 379 g/mol. The Labute approximate surface area is 159 Å². The molecule has 1 N–H and O–H groups in total. The second-order valence-corrected chi connectivity index (χ2v) is 8.08. The van der Waals surface area contributed by atoms with Crippen molar-refractivity contribution in [3.8, 4) is 11.5 Å². The summed E-state index contributed by atoms with van der Waals surface area (Å²) in [4.78, 5) is 23.4. The van der Waals surface area contributed by atoms with Crippen molar-refractivity contribution < 1.29 is 9.32 Å². The van der Waals surface area contributed by atoms with Gasteiger partial charge in [0.25, 0.3) is 5.91 Å². The summed E-state index contributed by atoms with van der Waals surface area (Å²) in [5.41, 5.74) is 3.70. The summed E-state index contributed by atoms with van der Waals surface area (Å²) in [6.07, 6.45) is 7.56. The Morgan fingerprint density at radius 3 is 2.93 bits per heavy atom. The van der Waals surface area contributed by atoms with Crippen LogP contribution in [0.2, 0.25) is 0 Å². The van der Waals surface area contributed by atoms with E-state index in [0.717, 1.165) is 33.9 Å². The first-order valence-corrected chi connectivity index (χ1v) is 9.58. The Morgan fingerprint density at radius 2 is 2.11 bits per heavy atom. The maximum absolute atomic E-state index is 12.8. The minimum absolute atomic E-state index is 0.211. The summed E-state index contributed by atoms with van der Waals surface area (Å²) in [5.74, 6) is 0.926. The van der Waals surface area contributed by atoms with Crippen LogP contribution in [0.5, 0.6) is 0 Å². The molecule has 7 nitrogen and oxygen atoms in total. The zero-order valence-electron chi connectivity index (χ0n) is 14.9. The summed E-state index contributed by atoms with van der Waals surface area (Å²) in [5, 5.41) is 7.10. The fourth-order valence-electron chi connectivity index (χ4n) is 3.02. The lowest BCUT2D eigenvalue weighted by Crippen LogP contribution is -2.15. The molecule has 4 aromatic heterocycles.